The number of carbonyl (C=O) groups excluding carboxylic acids is 1. The van der Waals surface area contributed by atoms with Gasteiger partial charge in [0.15, 0.2) is 5.75 Å². The van der Waals surface area contributed by atoms with E-state index in [4.69, 9.17) is 4.74 Å². The SMILES string of the molecule is O=C(Cc1ccc(Oc2ccc([N+](=O)[O-])c(O)c2)cc1)Nc1ccc(C2=CC=CC(C(F)(F)F)=CC2)cn1. The monoisotopic (exact) mass is 523 g/mol. The van der Waals surface area contributed by atoms with E-state index in [1.807, 2.05) is 0 Å². The van der Waals surface area contributed by atoms with E-state index >= 15 is 0 Å². The van der Waals surface area contributed by atoms with Crippen LogP contribution in [0.15, 0.2) is 90.7 Å². The summed E-state index contributed by atoms with van der Waals surface area (Å²) in [5, 5.41) is 23.2. The van der Waals surface area contributed by atoms with Crippen LogP contribution < -0.4 is 10.1 Å². The van der Waals surface area contributed by atoms with Gasteiger partial charge in [-0.15, -0.1) is 0 Å². The van der Waals surface area contributed by atoms with Gasteiger partial charge in [0, 0.05) is 18.3 Å². The highest BCUT2D eigenvalue weighted by molar-refractivity contribution is 5.91. The number of nitrogens with zero attached hydrogens (tertiary/aromatic N) is 2. The molecule has 0 bridgehead atoms. The maximum Gasteiger partial charge on any atom is 0.416 e. The molecule has 0 unspecified atom stereocenters. The maximum absolute atomic E-state index is 12.9. The summed E-state index contributed by atoms with van der Waals surface area (Å²) in [4.78, 5) is 26.7. The van der Waals surface area contributed by atoms with Crippen LogP contribution in [0.5, 0.6) is 17.2 Å². The van der Waals surface area contributed by atoms with Gasteiger partial charge in [0.2, 0.25) is 5.91 Å². The van der Waals surface area contributed by atoms with Gasteiger partial charge in [-0.05, 0) is 53.5 Å². The van der Waals surface area contributed by atoms with Crippen molar-refractivity contribution in [1.29, 1.82) is 0 Å². The Morgan fingerprint density at radius 2 is 1.84 bits per heavy atom. The van der Waals surface area contributed by atoms with Crippen molar-refractivity contribution in [1.82, 2.24) is 4.98 Å². The Labute approximate surface area is 214 Å². The summed E-state index contributed by atoms with van der Waals surface area (Å²) in [5.74, 6) is 0.0688. The second-order valence-corrected chi connectivity index (χ2v) is 8.22. The van der Waals surface area contributed by atoms with Gasteiger partial charge in [0.1, 0.15) is 17.3 Å². The first-order valence-electron chi connectivity index (χ1n) is 11.2. The van der Waals surface area contributed by atoms with E-state index in [0.29, 0.717) is 28.3 Å². The summed E-state index contributed by atoms with van der Waals surface area (Å²) in [6.45, 7) is 0. The third kappa shape index (κ3) is 6.64. The lowest BCUT2D eigenvalue weighted by Gasteiger charge is -2.09. The second-order valence-electron chi connectivity index (χ2n) is 8.22. The molecule has 0 saturated carbocycles. The van der Waals surface area contributed by atoms with Gasteiger partial charge in [0.05, 0.1) is 16.9 Å². The molecule has 1 aliphatic rings. The summed E-state index contributed by atoms with van der Waals surface area (Å²) < 4.78 is 44.3. The minimum atomic E-state index is -4.41. The van der Waals surface area contributed by atoms with E-state index in [0.717, 1.165) is 24.3 Å². The summed E-state index contributed by atoms with van der Waals surface area (Å²) in [7, 11) is 0. The standard InChI is InChI=1S/C27H20F3N3O5/c28-27(29,30)20-3-1-2-18(6-8-20)19-7-13-25(31-16-19)32-26(35)14-17-4-9-21(10-5-17)38-22-11-12-23(33(36)37)24(34)15-22/h1-5,7-13,15-16,34H,6,14H2,(H,31,32,35). The predicted molar refractivity (Wildman–Crippen MR) is 134 cm³/mol. The topological polar surface area (TPSA) is 115 Å². The van der Waals surface area contributed by atoms with Crippen LogP contribution in [0.1, 0.15) is 17.5 Å². The normalized spacial score (nSPS) is 13.2. The minimum Gasteiger partial charge on any atom is -0.502 e. The Bertz CT molecular complexity index is 1440. The van der Waals surface area contributed by atoms with Crippen LogP contribution in [-0.4, -0.2) is 27.1 Å². The predicted octanol–water partition coefficient (Wildman–Crippen LogP) is 6.50. The molecule has 0 aliphatic heterocycles. The third-order valence-electron chi connectivity index (χ3n) is 5.51. The van der Waals surface area contributed by atoms with Gasteiger partial charge >= 0.3 is 11.9 Å². The van der Waals surface area contributed by atoms with Crippen LogP contribution in [-0.2, 0) is 11.2 Å². The number of nitrogens with one attached hydrogen (secondary N) is 1. The number of nitro benzene ring substituents is 1. The van der Waals surface area contributed by atoms with Crippen LogP contribution >= 0.6 is 0 Å². The smallest absolute Gasteiger partial charge is 0.416 e. The molecule has 1 heterocycles. The van der Waals surface area contributed by atoms with E-state index < -0.39 is 28.1 Å². The number of carbonyl (C=O) groups is 1. The molecule has 0 spiro atoms. The minimum absolute atomic E-state index is 0.0446. The number of phenolic OH excluding ortho intramolecular Hbond substituents is 1. The largest absolute Gasteiger partial charge is 0.502 e. The van der Waals surface area contributed by atoms with Crippen molar-refractivity contribution >= 4 is 23.0 Å². The zero-order valence-electron chi connectivity index (χ0n) is 19.6. The molecule has 4 rings (SSSR count). The number of pyridine rings is 1. The van der Waals surface area contributed by atoms with Crippen LogP contribution in [0.3, 0.4) is 0 Å². The number of nitro groups is 1. The van der Waals surface area contributed by atoms with Crippen LogP contribution in [0, 0.1) is 10.1 Å². The number of halogens is 3. The fourth-order valence-corrected chi connectivity index (χ4v) is 3.61. The molecule has 1 aromatic heterocycles. The molecule has 2 N–H and O–H groups in total. The van der Waals surface area contributed by atoms with Crippen LogP contribution in [0.25, 0.3) is 5.57 Å². The molecule has 8 nitrogen and oxygen atoms in total. The van der Waals surface area contributed by atoms with Crippen molar-refractivity contribution in [2.75, 3.05) is 5.32 Å². The van der Waals surface area contributed by atoms with Crippen molar-refractivity contribution < 1.29 is 32.7 Å². The van der Waals surface area contributed by atoms with Gasteiger partial charge < -0.3 is 15.2 Å². The van der Waals surface area contributed by atoms with Crippen LogP contribution in [0.2, 0.25) is 0 Å². The molecule has 38 heavy (non-hydrogen) atoms. The highest BCUT2D eigenvalue weighted by atomic mass is 19.4. The first-order valence-corrected chi connectivity index (χ1v) is 11.2. The lowest BCUT2D eigenvalue weighted by atomic mass is 10.0. The number of phenols is 1. The van der Waals surface area contributed by atoms with Crippen LogP contribution in [0.4, 0.5) is 24.7 Å². The van der Waals surface area contributed by atoms with E-state index in [9.17, 15) is 33.2 Å². The fourth-order valence-electron chi connectivity index (χ4n) is 3.61. The number of allylic oxidation sites excluding steroid dienone is 6. The average Bonchev–Trinajstić information content (AvgIpc) is 3.12. The molecule has 11 heteroatoms. The van der Waals surface area contributed by atoms with Crippen molar-refractivity contribution in [3.05, 3.63) is 112 Å². The van der Waals surface area contributed by atoms with Crippen molar-refractivity contribution in [2.45, 2.75) is 19.0 Å². The average molecular weight is 523 g/mol. The number of aromatic hydroxyl groups is 1. The van der Waals surface area contributed by atoms with Gasteiger partial charge in [0.25, 0.3) is 0 Å². The van der Waals surface area contributed by atoms with Gasteiger partial charge in [-0.3, -0.25) is 14.9 Å². The molecule has 194 valence electrons. The summed E-state index contributed by atoms with van der Waals surface area (Å²) >= 11 is 0. The lowest BCUT2D eigenvalue weighted by Crippen LogP contribution is -2.15. The molecule has 0 saturated heterocycles. The second kappa shape index (κ2) is 11.0. The zero-order valence-corrected chi connectivity index (χ0v) is 19.6. The van der Waals surface area contributed by atoms with Crippen molar-refractivity contribution in [3.8, 4) is 17.2 Å². The van der Waals surface area contributed by atoms with Crippen molar-refractivity contribution in [2.24, 2.45) is 0 Å². The van der Waals surface area contributed by atoms with Gasteiger partial charge in [-0.2, -0.15) is 13.2 Å². The number of anilines is 1. The number of ether oxygens (including phenoxy) is 1. The number of hydrogen-bond acceptors (Lipinski definition) is 6. The number of alkyl halides is 3. The number of benzene rings is 2. The highest BCUT2D eigenvalue weighted by Gasteiger charge is 2.31. The van der Waals surface area contributed by atoms with E-state index in [1.54, 1.807) is 42.5 Å². The fraction of sp³-hybridized carbons (Fsp3) is 0.111. The molecule has 0 fully saturated rings. The molecule has 0 radical (unpaired) electrons. The summed E-state index contributed by atoms with van der Waals surface area (Å²) in [6.07, 6.45) is 2.32. The molecule has 1 amide bonds. The molecule has 2 aromatic carbocycles. The quantitative estimate of drug-likeness (QED) is 0.270. The molecular weight excluding hydrogens is 503 g/mol. The number of aromatic nitrogens is 1. The molecule has 3 aromatic rings. The Kier molecular flexibility index (Phi) is 7.56. The highest BCUT2D eigenvalue weighted by Crippen LogP contribution is 2.33. The van der Waals surface area contributed by atoms with E-state index in [1.165, 1.54) is 18.3 Å². The summed E-state index contributed by atoms with van der Waals surface area (Å²) in [5.41, 5.74) is 0.853. The van der Waals surface area contributed by atoms with Crippen molar-refractivity contribution in [3.63, 3.8) is 0 Å². The molecular formula is C27H20F3N3O5. The number of amides is 1. The zero-order chi connectivity index (χ0) is 27.3. The molecule has 1 aliphatic carbocycles. The third-order valence-corrected chi connectivity index (χ3v) is 5.51. The number of rotatable bonds is 7. The van der Waals surface area contributed by atoms with E-state index in [-0.39, 0.29) is 24.5 Å². The Morgan fingerprint density at radius 3 is 2.47 bits per heavy atom. The maximum atomic E-state index is 12.9. The molecule has 0 atom stereocenters. The first kappa shape index (κ1) is 26.1. The Morgan fingerprint density at radius 1 is 1.11 bits per heavy atom. The first-order chi connectivity index (χ1) is 18.1. The van der Waals surface area contributed by atoms with E-state index in [2.05, 4.69) is 10.3 Å². The van der Waals surface area contributed by atoms with Gasteiger partial charge in [-0.1, -0.05) is 36.4 Å². The Balaban J connectivity index is 1.32. The summed E-state index contributed by atoms with van der Waals surface area (Å²) in [6, 6.07) is 13.5. The van der Waals surface area contributed by atoms with Gasteiger partial charge in [-0.25, -0.2) is 4.98 Å². The Hall–Kier alpha value is -4.93. The number of hydrogen-bond donors (Lipinski definition) is 2. The lowest BCUT2D eigenvalue weighted by molar-refractivity contribution is -0.385.